The van der Waals surface area contributed by atoms with Gasteiger partial charge in [-0.2, -0.15) is 5.10 Å². The van der Waals surface area contributed by atoms with Crippen molar-refractivity contribution in [1.29, 1.82) is 0 Å². The number of carbonyl (C=O) groups excluding carboxylic acids is 1. The van der Waals surface area contributed by atoms with Gasteiger partial charge in [0.15, 0.2) is 0 Å². The van der Waals surface area contributed by atoms with E-state index in [1.807, 2.05) is 23.9 Å². The van der Waals surface area contributed by atoms with Gasteiger partial charge in [0, 0.05) is 24.4 Å². The van der Waals surface area contributed by atoms with E-state index in [1.54, 1.807) is 6.20 Å². The first-order valence-corrected chi connectivity index (χ1v) is 5.03. The van der Waals surface area contributed by atoms with Crippen molar-refractivity contribution in [3.63, 3.8) is 0 Å². The highest BCUT2D eigenvalue weighted by Gasteiger charge is 2.30. The molecule has 1 heterocycles. The molecule has 1 aliphatic carbocycles. The molecular formula is C10H15N3O. The van der Waals surface area contributed by atoms with Gasteiger partial charge < -0.3 is 5.32 Å². The van der Waals surface area contributed by atoms with Gasteiger partial charge >= 0.3 is 0 Å². The molecule has 4 heteroatoms. The molecule has 0 radical (unpaired) electrons. The molecule has 2 rings (SSSR count). The maximum Gasteiger partial charge on any atom is 0.223 e. The predicted octanol–water partition coefficient (Wildman–Crippen LogP) is 0.798. The third kappa shape index (κ3) is 2.34. The Hall–Kier alpha value is -1.32. The van der Waals surface area contributed by atoms with E-state index in [1.165, 1.54) is 0 Å². The van der Waals surface area contributed by atoms with E-state index in [9.17, 15) is 4.79 Å². The van der Waals surface area contributed by atoms with Gasteiger partial charge in [0.1, 0.15) is 0 Å². The third-order valence-corrected chi connectivity index (χ3v) is 2.36. The highest BCUT2D eigenvalue weighted by molar-refractivity contribution is 5.81. The van der Waals surface area contributed by atoms with Crippen molar-refractivity contribution in [3.05, 3.63) is 18.5 Å². The molecule has 1 N–H and O–H groups in total. The van der Waals surface area contributed by atoms with E-state index >= 15 is 0 Å². The Kier molecular flexibility index (Phi) is 2.52. The zero-order valence-electron chi connectivity index (χ0n) is 8.31. The van der Waals surface area contributed by atoms with E-state index in [0.717, 1.165) is 19.4 Å². The van der Waals surface area contributed by atoms with Crippen molar-refractivity contribution >= 4 is 5.91 Å². The lowest BCUT2D eigenvalue weighted by atomic mass is 10.3. The lowest BCUT2D eigenvalue weighted by Crippen LogP contribution is -2.36. The van der Waals surface area contributed by atoms with Crippen LogP contribution in [0.3, 0.4) is 0 Å². The zero-order chi connectivity index (χ0) is 9.97. The van der Waals surface area contributed by atoms with Crippen molar-refractivity contribution < 1.29 is 4.79 Å². The summed E-state index contributed by atoms with van der Waals surface area (Å²) >= 11 is 0. The zero-order valence-corrected chi connectivity index (χ0v) is 8.31. The molecule has 76 valence electrons. The van der Waals surface area contributed by atoms with Crippen LogP contribution in [0.2, 0.25) is 0 Å². The average Bonchev–Trinajstić information content (AvgIpc) is 2.87. The first-order valence-electron chi connectivity index (χ1n) is 5.03. The van der Waals surface area contributed by atoms with Gasteiger partial charge in [-0.15, -0.1) is 0 Å². The lowest BCUT2D eigenvalue weighted by Gasteiger charge is -2.13. The van der Waals surface area contributed by atoms with E-state index in [4.69, 9.17) is 0 Å². The first-order chi connectivity index (χ1) is 6.75. The maximum absolute atomic E-state index is 11.4. The van der Waals surface area contributed by atoms with Crippen LogP contribution in [0, 0.1) is 5.92 Å². The van der Waals surface area contributed by atoms with Gasteiger partial charge in [0.05, 0.1) is 6.54 Å². The Morgan fingerprint density at radius 2 is 2.50 bits per heavy atom. The Balaban J connectivity index is 1.78. The summed E-state index contributed by atoms with van der Waals surface area (Å²) in [5, 5.41) is 7.07. The standard InChI is InChI=1S/C10H15N3O/c1-8(7-13-6-2-5-11-13)12-10(14)9-3-4-9/h2,5-6,8-9H,3-4,7H2,1H3,(H,12,14). The quantitative estimate of drug-likeness (QED) is 0.768. The molecule has 1 unspecified atom stereocenters. The second-order valence-corrected chi connectivity index (χ2v) is 3.91. The second kappa shape index (κ2) is 3.82. The molecule has 1 fully saturated rings. The summed E-state index contributed by atoms with van der Waals surface area (Å²) < 4.78 is 1.83. The van der Waals surface area contributed by atoms with Crippen LogP contribution < -0.4 is 5.32 Å². The van der Waals surface area contributed by atoms with Crippen LogP contribution in [0.1, 0.15) is 19.8 Å². The second-order valence-electron chi connectivity index (χ2n) is 3.91. The summed E-state index contributed by atoms with van der Waals surface area (Å²) in [5.41, 5.74) is 0. The molecule has 1 aliphatic rings. The summed E-state index contributed by atoms with van der Waals surface area (Å²) in [5.74, 6) is 0.486. The molecule has 4 nitrogen and oxygen atoms in total. The number of nitrogens with one attached hydrogen (secondary N) is 1. The van der Waals surface area contributed by atoms with Gasteiger partial charge in [-0.25, -0.2) is 0 Å². The van der Waals surface area contributed by atoms with Gasteiger partial charge in [-0.3, -0.25) is 9.48 Å². The van der Waals surface area contributed by atoms with Crippen LogP contribution in [-0.2, 0) is 11.3 Å². The van der Waals surface area contributed by atoms with E-state index in [0.29, 0.717) is 0 Å². The minimum Gasteiger partial charge on any atom is -0.352 e. The number of aromatic nitrogens is 2. The van der Waals surface area contributed by atoms with E-state index < -0.39 is 0 Å². The van der Waals surface area contributed by atoms with Crippen molar-refractivity contribution in [2.24, 2.45) is 5.92 Å². The van der Waals surface area contributed by atoms with Crippen molar-refractivity contribution in [2.45, 2.75) is 32.4 Å². The summed E-state index contributed by atoms with van der Waals surface area (Å²) in [4.78, 5) is 11.4. The topological polar surface area (TPSA) is 46.9 Å². The fourth-order valence-corrected chi connectivity index (χ4v) is 1.44. The summed E-state index contributed by atoms with van der Waals surface area (Å²) in [7, 11) is 0. The fraction of sp³-hybridized carbons (Fsp3) is 0.600. The molecule has 0 aliphatic heterocycles. The largest absolute Gasteiger partial charge is 0.352 e. The highest BCUT2D eigenvalue weighted by Crippen LogP contribution is 2.28. The molecule has 1 aromatic heterocycles. The van der Waals surface area contributed by atoms with Crippen LogP contribution in [0.25, 0.3) is 0 Å². The number of hydrogen-bond acceptors (Lipinski definition) is 2. The van der Waals surface area contributed by atoms with Gasteiger partial charge in [-0.05, 0) is 25.8 Å². The number of carbonyl (C=O) groups is 1. The fourth-order valence-electron chi connectivity index (χ4n) is 1.44. The van der Waals surface area contributed by atoms with Gasteiger partial charge in [-0.1, -0.05) is 0 Å². The van der Waals surface area contributed by atoms with Crippen LogP contribution >= 0.6 is 0 Å². The maximum atomic E-state index is 11.4. The Bertz CT molecular complexity index is 303. The summed E-state index contributed by atoms with van der Waals surface area (Å²) in [6, 6.07) is 2.04. The smallest absolute Gasteiger partial charge is 0.223 e. The minimum absolute atomic E-state index is 0.156. The molecule has 0 saturated heterocycles. The molecule has 0 spiro atoms. The van der Waals surface area contributed by atoms with Gasteiger partial charge in [0.2, 0.25) is 5.91 Å². The first kappa shape index (κ1) is 9.24. The SMILES string of the molecule is CC(Cn1cccn1)NC(=O)C1CC1. The Morgan fingerprint density at radius 1 is 1.71 bits per heavy atom. The van der Waals surface area contributed by atoms with Crippen molar-refractivity contribution in [2.75, 3.05) is 0 Å². The van der Waals surface area contributed by atoms with Crippen LogP contribution in [0.15, 0.2) is 18.5 Å². The van der Waals surface area contributed by atoms with Crippen molar-refractivity contribution in [3.8, 4) is 0 Å². The monoisotopic (exact) mass is 193 g/mol. The third-order valence-electron chi connectivity index (χ3n) is 2.36. The highest BCUT2D eigenvalue weighted by atomic mass is 16.2. The Labute approximate surface area is 83.3 Å². The number of rotatable bonds is 4. The minimum atomic E-state index is 0.156. The average molecular weight is 193 g/mol. The Morgan fingerprint density at radius 3 is 3.07 bits per heavy atom. The molecule has 1 aromatic rings. The van der Waals surface area contributed by atoms with E-state index in [-0.39, 0.29) is 17.9 Å². The number of amides is 1. The molecule has 0 bridgehead atoms. The van der Waals surface area contributed by atoms with Crippen LogP contribution in [0.4, 0.5) is 0 Å². The molecule has 1 saturated carbocycles. The summed E-state index contributed by atoms with van der Waals surface area (Å²) in [6.45, 7) is 2.74. The van der Waals surface area contributed by atoms with Crippen molar-refractivity contribution in [1.82, 2.24) is 15.1 Å². The molecule has 1 amide bonds. The molecule has 0 aromatic carbocycles. The summed E-state index contributed by atoms with van der Waals surface area (Å²) in [6.07, 6.45) is 5.76. The van der Waals surface area contributed by atoms with Crippen LogP contribution in [0.5, 0.6) is 0 Å². The normalized spacial score (nSPS) is 17.8. The van der Waals surface area contributed by atoms with Crippen LogP contribution in [-0.4, -0.2) is 21.7 Å². The number of hydrogen-bond donors (Lipinski definition) is 1. The van der Waals surface area contributed by atoms with E-state index in [2.05, 4.69) is 10.4 Å². The predicted molar refractivity (Wildman–Crippen MR) is 52.6 cm³/mol. The van der Waals surface area contributed by atoms with Gasteiger partial charge in [0.25, 0.3) is 0 Å². The lowest BCUT2D eigenvalue weighted by molar-refractivity contribution is -0.122. The molecule has 14 heavy (non-hydrogen) atoms. The molecular weight excluding hydrogens is 178 g/mol. The number of nitrogens with zero attached hydrogens (tertiary/aromatic N) is 2. The molecule has 1 atom stereocenters.